The van der Waals surface area contributed by atoms with Crippen molar-refractivity contribution in [1.82, 2.24) is 0 Å². The molecule has 0 saturated carbocycles. The molecule has 0 aromatic heterocycles. The zero-order valence-electron chi connectivity index (χ0n) is 10.3. The van der Waals surface area contributed by atoms with Gasteiger partial charge in [-0.05, 0) is 0 Å². The number of hydrogen-bond donors (Lipinski definition) is 0. The molecule has 0 aliphatic carbocycles. The number of rotatable bonds is 9. The van der Waals surface area contributed by atoms with Crippen LogP contribution in [0.3, 0.4) is 0 Å². The van der Waals surface area contributed by atoms with Crippen LogP contribution in [0.1, 0.15) is 59.3 Å². The van der Waals surface area contributed by atoms with Crippen LogP contribution in [0.4, 0.5) is 0 Å². The summed E-state index contributed by atoms with van der Waals surface area (Å²) >= 11 is 0. The molecule has 0 bridgehead atoms. The first-order chi connectivity index (χ1) is 6.35. The Kier molecular flexibility index (Phi) is 16.7. The molecule has 0 aromatic rings. The lowest BCUT2D eigenvalue weighted by Gasteiger charge is -2.13. The third-order valence-electron chi connectivity index (χ3n) is 2.65. The molecule has 0 amide bonds. The summed E-state index contributed by atoms with van der Waals surface area (Å²) in [5, 5.41) is 0. The summed E-state index contributed by atoms with van der Waals surface area (Å²) < 4.78 is 0. The van der Waals surface area contributed by atoms with Crippen LogP contribution in [-0.4, -0.2) is 8.80 Å². The van der Waals surface area contributed by atoms with E-state index in [1.807, 2.05) is 0 Å². The molecule has 0 fully saturated rings. The van der Waals surface area contributed by atoms with Gasteiger partial charge in [0.1, 0.15) is 0 Å². The van der Waals surface area contributed by atoms with Gasteiger partial charge >= 0.3 is 0 Å². The van der Waals surface area contributed by atoms with Crippen molar-refractivity contribution in [3.63, 3.8) is 0 Å². The lowest BCUT2D eigenvalue weighted by atomic mass is 10.4. The second-order valence-corrected chi connectivity index (χ2v) is 7.06. The minimum Gasteiger partial charge on any atom is -0.114 e. The Hall–Kier alpha value is 0.697. The van der Waals surface area contributed by atoms with Crippen molar-refractivity contribution in [2.75, 3.05) is 0 Å². The van der Waals surface area contributed by atoms with E-state index in [-0.39, 0.29) is 25.8 Å². The Morgan fingerprint density at radius 3 is 1.14 bits per heavy atom. The molecule has 0 N–H and O–H groups in total. The van der Waals surface area contributed by atoms with Crippen LogP contribution in [0.2, 0.25) is 18.1 Å². The van der Waals surface area contributed by atoms with E-state index >= 15 is 0 Å². The molecular weight excluding hydrogens is 252 g/mol. The van der Waals surface area contributed by atoms with E-state index < -0.39 is 0 Å². The van der Waals surface area contributed by atoms with Crippen LogP contribution in [0.25, 0.3) is 0 Å². The van der Waals surface area contributed by atoms with Gasteiger partial charge in [-0.3, -0.25) is 0 Å². The van der Waals surface area contributed by atoms with Gasteiger partial charge in [-0.15, -0.1) is 17.0 Å². The Bertz CT molecular complexity index is 77.3. The van der Waals surface area contributed by atoms with Crippen LogP contribution in [-0.2, 0) is 0 Å². The first-order valence-corrected chi connectivity index (χ1v) is 8.30. The normalized spacial score (nSPS) is 10.3. The van der Waals surface area contributed by atoms with Gasteiger partial charge in [0.25, 0.3) is 0 Å². The minimum atomic E-state index is 0. The molecule has 0 nitrogen and oxygen atoms in total. The fraction of sp³-hybridized carbons (Fsp3) is 1.00. The molecule has 0 atom stereocenters. The maximum atomic E-state index is 2.32. The molecule has 0 saturated heterocycles. The van der Waals surface area contributed by atoms with E-state index in [9.17, 15) is 0 Å². The third kappa shape index (κ3) is 10.8. The largest absolute Gasteiger partial charge is 0.114 e. The molecule has 0 aromatic carbocycles. The van der Waals surface area contributed by atoms with Crippen LogP contribution < -0.4 is 0 Å². The maximum Gasteiger partial charge on any atom is 0.0479 e. The van der Waals surface area contributed by atoms with Crippen LogP contribution in [0.5, 0.6) is 0 Å². The highest BCUT2D eigenvalue weighted by atomic mass is 79.9. The summed E-state index contributed by atoms with van der Waals surface area (Å²) in [6, 6.07) is 4.75. The molecule has 0 unspecified atom stereocenters. The van der Waals surface area contributed by atoms with Gasteiger partial charge < -0.3 is 0 Å². The highest BCUT2D eigenvalue weighted by Crippen LogP contribution is 2.16. The van der Waals surface area contributed by atoms with Gasteiger partial charge in [0.05, 0.1) is 0 Å². The molecule has 14 heavy (non-hydrogen) atoms. The van der Waals surface area contributed by atoms with Gasteiger partial charge in [-0.1, -0.05) is 77.4 Å². The van der Waals surface area contributed by atoms with Crippen molar-refractivity contribution < 1.29 is 0 Å². The number of unbranched alkanes of at least 4 members (excludes halogenated alkanes) is 3. The molecule has 0 heterocycles. The average molecular weight is 280 g/mol. The molecular formula is C12H28BrSi. The van der Waals surface area contributed by atoms with E-state index in [0.29, 0.717) is 0 Å². The Labute approximate surface area is 103 Å². The second kappa shape index (κ2) is 13.7. The summed E-state index contributed by atoms with van der Waals surface area (Å²) in [5.74, 6) is 0. The fourth-order valence-corrected chi connectivity index (χ4v) is 4.97. The fourth-order valence-electron chi connectivity index (χ4n) is 1.66. The van der Waals surface area contributed by atoms with Gasteiger partial charge in [-0.25, -0.2) is 0 Å². The predicted octanol–water partition coefficient (Wildman–Crippen LogP) is 5.46. The second-order valence-electron chi connectivity index (χ2n) is 4.06. The minimum absolute atomic E-state index is 0. The maximum absolute atomic E-state index is 2.32. The van der Waals surface area contributed by atoms with Crippen molar-refractivity contribution in [1.29, 1.82) is 0 Å². The molecule has 1 radical (unpaired) electrons. The van der Waals surface area contributed by atoms with Crippen molar-refractivity contribution in [2.45, 2.75) is 77.4 Å². The van der Waals surface area contributed by atoms with Crippen molar-refractivity contribution in [3.05, 3.63) is 0 Å². The van der Waals surface area contributed by atoms with Gasteiger partial charge in [-0.2, -0.15) is 0 Å². The molecule has 2 heteroatoms. The number of halogens is 1. The SMILES string of the molecule is Br.CCCC[Si](CCCC)CCCC. The summed E-state index contributed by atoms with van der Waals surface area (Å²) in [4.78, 5) is 0. The summed E-state index contributed by atoms with van der Waals surface area (Å²) in [6.07, 6.45) is 8.65. The van der Waals surface area contributed by atoms with Crippen molar-refractivity contribution in [3.8, 4) is 0 Å². The smallest absolute Gasteiger partial charge is 0.0479 e. The first-order valence-electron chi connectivity index (χ1n) is 6.18. The Morgan fingerprint density at radius 1 is 0.643 bits per heavy atom. The van der Waals surface area contributed by atoms with Gasteiger partial charge in [0.2, 0.25) is 0 Å². The Morgan fingerprint density at radius 2 is 0.929 bits per heavy atom. The van der Waals surface area contributed by atoms with Crippen molar-refractivity contribution >= 4 is 25.8 Å². The third-order valence-corrected chi connectivity index (χ3v) is 5.83. The van der Waals surface area contributed by atoms with Crippen molar-refractivity contribution in [2.24, 2.45) is 0 Å². The van der Waals surface area contributed by atoms with Crippen LogP contribution in [0, 0.1) is 0 Å². The monoisotopic (exact) mass is 279 g/mol. The highest BCUT2D eigenvalue weighted by Gasteiger charge is 2.08. The summed E-state index contributed by atoms with van der Waals surface area (Å²) in [7, 11) is 0.0675. The summed E-state index contributed by atoms with van der Waals surface area (Å²) in [5.41, 5.74) is 0. The van der Waals surface area contributed by atoms with E-state index in [1.165, 1.54) is 38.5 Å². The molecule has 0 aliphatic rings. The van der Waals surface area contributed by atoms with E-state index in [0.717, 1.165) is 0 Å². The Balaban J connectivity index is 0. The van der Waals surface area contributed by atoms with Gasteiger partial charge in [0, 0.05) is 8.80 Å². The molecule has 87 valence electrons. The van der Waals surface area contributed by atoms with Gasteiger partial charge in [0.15, 0.2) is 0 Å². The molecule has 0 aliphatic heterocycles. The highest BCUT2D eigenvalue weighted by molar-refractivity contribution is 8.93. The molecule has 0 rings (SSSR count). The number of hydrogen-bond acceptors (Lipinski definition) is 0. The van der Waals surface area contributed by atoms with E-state index in [1.54, 1.807) is 18.1 Å². The van der Waals surface area contributed by atoms with Crippen LogP contribution >= 0.6 is 17.0 Å². The van der Waals surface area contributed by atoms with Crippen LogP contribution in [0.15, 0.2) is 0 Å². The first kappa shape index (κ1) is 17.1. The quantitative estimate of drug-likeness (QED) is 0.492. The topological polar surface area (TPSA) is 0 Å². The summed E-state index contributed by atoms with van der Waals surface area (Å²) in [6.45, 7) is 6.96. The molecule has 0 spiro atoms. The zero-order valence-corrected chi connectivity index (χ0v) is 13.0. The zero-order chi connectivity index (χ0) is 9.94. The lowest BCUT2D eigenvalue weighted by molar-refractivity contribution is 0.812. The standard InChI is InChI=1S/C12H27Si.BrH/c1-4-7-10-13(11-8-5-2)12-9-6-3;/h4-12H2,1-3H3;1H. The van der Waals surface area contributed by atoms with E-state index in [2.05, 4.69) is 20.8 Å². The predicted molar refractivity (Wildman–Crippen MR) is 75.2 cm³/mol. The van der Waals surface area contributed by atoms with E-state index in [4.69, 9.17) is 0 Å². The average Bonchev–Trinajstić information content (AvgIpc) is 2.17. The lowest BCUT2D eigenvalue weighted by Crippen LogP contribution is -2.11.